The fraction of sp³-hybridized carbons (Fsp3) is 1.00. The minimum atomic E-state index is -4.17. The van der Waals surface area contributed by atoms with Gasteiger partial charge in [0.25, 0.3) is 0 Å². The SMILES string of the molecule is CCCCCCCCCCCCCOOP(=O)(O)OCCOCCOCC. The third-order valence-electron chi connectivity index (χ3n) is 4.04. The van der Waals surface area contributed by atoms with Crippen molar-refractivity contribution >= 4 is 7.82 Å². The van der Waals surface area contributed by atoms with Crippen molar-refractivity contribution in [3.8, 4) is 0 Å². The van der Waals surface area contributed by atoms with Crippen molar-refractivity contribution in [1.82, 2.24) is 0 Å². The molecule has 0 saturated carbocycles. The molecule has 0 radical (unpaired) electrons. The third-order valence-corrected chi connectivity index (χ3v) is 4.84. The van der Waals surface area contributed by atoms with Gasteiger partial charge in [-0.1, -0.05) is 71.1 Å². The molecule has 0 bridgehead atoms. The maximum atomic E-state index is 11.6. The van der Waals surface area contributed by atoms with Crippen LogP contribution in [0.25, 0.3) is 0 Å². The maximum Gasteiger partial charge on any atom is 0.499 e. The number of hydrogen-bond acceptors (Lipinski definition) is 6. The van der Waals surface area contributed by atoms with Gasteiger partial charge in [0.15, 0.2) is 0 Å². The molecule has 1 unspecified atom stereocenters. The summed E-state index contributed by atoms with van der Waals surface area (Å²) in [7, 11) is -4.17. The predicted octanol–water partition coefficient (Wildman–Crippen LogP) is 5.42. The van der Waals surface area contributed by atoms with Crippen LogP contribution in [0.4, 0.5) is 0 Å². The molecule has 0 aliphatic heterocycles. The lowest BCUT2D eigenvalue weighted by atomic mass is 10.1. The Balaban J connectivity index is 3.29. The molecule has 0 aromatic carbocycles. The van der Waals surface area contributed by atoms with Crippen molar-refractivity contribution in [3.05, 3.63) is 0 Å². The predicted molar refractivity (Wildman–Crippen MR) is 107 cm³/mol. The fourth-order valence-electron chi connectivity index (χ4n) is 2.53. The first-order valence-electron chi connectivity index (χ1n) is 10.6. The van der Waals surface area contributed by atoms with Gasteiger partial charge in [-0.3, -0.25) is 4.52 Å². The lowest BCUT2D eigenvalue weighted by Crippen LogP contribution is -2.09. The van der Waals surface area contributed by atoms with E-state index in [4.69, 9.17) is 18.9 Å². The monoisotopic (exact) mass is 412 g/mol. The summed E-state index contributed by atoms with van der Waals surface area (Å²) in [6, 6.07) is 0. The standard InChI is InChI=1S/C19H41O7P/c1-3-5-6-7-8-9-10-11-12-13-14-15-24-26-27(20,21)25-19-18-23-17-16-22-4-2/h3-19H2,1-2H3,(H,20,21). The highest BCUT2D eigenvalue weighted by molar-refractivity contribution is 7.47. The van der Waals surface area contributed by atoms with Crippen LogP contribution in [-0.4, -0.2) is 44.5 Å². The van der Waals surface area contributed by atoms with E-state index in [1.165, 1.54) is 51.4 Å². The number of hydrogen-bond donors (Lipinski definition) is 1. The van der Waals surface area contributed by atoms with Gasteiger partial charge in [0.05, 0.1) is 33.0 Å². The normalized spacial score (nSPS) is 13.7. The van der Waals surface area contributed by atoms with E-state index in [0.29, 0.717) is 19.8 Å². The lowest BCUT2D eigenvalue weighted by molar-refractivity contribution is -0.225. The molecule has 0 fully saturated rings. The second-order valence-corrected chi connectivity index (χ2v) is 7.89. The first-order chi connectivity index (χ1) is 13.1. The van der Waals surface area contributed by atoms with Crippen molar-refractivity contribution in [2.24, 2.45) is 0 Å². The summed E-state index contributed by atoms with van der Waals surface area (Å²) >= 11 is 0. The molecule has 0 aromatic heterocycles. The van der Waals surface area contributed by atoms with Gasteiger partial charge in [0.2, 0.25) is 0 Å². The van der Waals surface area contributed by atoms with E-state index < -0.39 is 7.82 Å². The number of ether oxygens (including phenoxy) is 2. The molecular weight excluding hydrogens is 371 g/mol. The Kier molecular flexibility index (Phi) is 20.7. The summed E-state index contributed by atoms with van der Waals surface area (Å²) < 4.78 is 31.0. The molecule has 0 amide bonds. The van der Waals surface area contributed by atoms with Gasteiger partial charge in [0, 0.05) is 6.61 Å². The van der Waals surface area contributed by atoms with Gasteiger partial charge < -0.3 is 14.4 Å². The highest BCUT2D eigenvalue weighted by atomic mass is 31.2. The quantitative estimate of drug-likeness (QED) is 0.110. The van der Waals surface area contributed by atoms with Crippen LogP contribution in [0.1, 0.15) is 84.5 Å². The topological polar surface area (TPSA) is 83.5 Å². The molecule has 164 valence electrons. The van der Waals surface area contributed by atoms with Crippen LogP contribution in [0.3, 0.4) is 0 Å². The average Bonchev–Trinajstić information content (AvgIpc) is 2.64. The highest BCUT2D eigenvalue weighted by Gasteiger charge is 2.22. The molecule has 1 atom stereocenters. The minimum absolute atomic E-state index is 0.0400. The van der Waals surface area contributed by atoms with E-state index in [9.17, 15) is 9.46 Å². The number of unbranched alkanes of at least 4 members (excludes halogenated alkanes) is 10. The van der Waals surface area contributed by atoms with E-state index in [-0.39, 0.29) is 19.8 Å². The Hall–Kier alpha value is -0.0100. The first kappa shape index (κ1) is 27.0. The first-order valence-corrected chi connectivity index (χ1v) is 12.1. The van der Waals surface area contributed by atoms with Gasteiger partial charge in [-0.15, -0.1) is 4.67 Å². The molecule has 0 heterocycles. The van der Waals surface area contributed by atoms with E-state index in [1.807, 2.05) is 6.92 Å². The van der Waals surface area contributed by atoms with Crippen molar-refractivity contribution in [1.29, 1.82) is 0 Å². The Morgan fingerprint density at radius 2 is 1.19 bits per heavy atom. The summed E-state index contributed by atoms with van der Waals surface area (Å²) in [5.41, 5.74) is 0. The number of rotatable bonds is 22. The van der Waals surface area contributed by atoms with E-state index in [0.717, 1.165) is 19.3 Å². The number of phosphoric ester groups is 1. The summed E-state index contributed by atoms with van der Waals surface area (Å²) in [5, 5.41) is 0. The molecule has 0 saturated heterocycles. The van der Waals surface area contributed by atoms with Gasteiger partial charge >= 0.3 is 7.82 Å². The summed E-state index contributed by atoms with van der Waals surface area (Å²) in [4.78, 5) is 14.2. The second kappa shape index (κ2) is 20.7. The zero-order valence-electron chi connectivity index (χ0n) is 17.4. The molecule has 0 aromatic rings. The lowest BCUT2D eigenvalue weighted by Gasteiger charge is -2.11. The largest absolute Gasteiger partial charge is 0.499 e. The van der Waals surface area contributed by atoms with E-state index in [1.54, 1.807) is 0 Å². The average molecular weight is 413 g/mol. The van der Waals surface area contributed by atoms with Crippen molar-refractivity contribution in [2.75, 3.05) is 39.6 Å². The smallest absolute Gasteiger partial charge is 0.379 e. The van der Waals surface area contributed by atoms with E-state index in [2.05, 4.69) is 11.6 Å². The summed E-state index contributed by atoms with van der Waals surface area (Å²) in [6.45, 7) is 6.13. The van der Waals surface area contributed by atoms with Crippen LogP contribution in [0, 0.1) is 0 Å². The van der Waals surface area contributed by atoms with Gasteiger partial charge in [-0.05, 0) is 13.3 Å². The molecule has 1 N–H and O–H groups in total. The Labute approximate surface area is 165 Å². The minimum Gasteiger partial charge on any atom is -0.379 e. The van der Waals surface area contributed by atoms with Crippen LogP contribution >= 0.6 is 7.82 Å². The van der Waals surface area contributed by atoms with Gasteiger partial charge in [0.1, 0.15) is 0 Å². The van der Waals surface area contributed by atoms with Crippen molar-refractivity contribution < 1.29 is 33.0 Å². The maximum absolute atomic E-state index is 11.6. The zero-order valence-corrected chi connectivity index (χ0v) is 18.3. The van der Waals surface area contributed by atoms with Crippen LogP contribution in [0.2, 0.25) is 0 Å². The Morgan fingerprint density at radius 3 is 1.78 bits per heavy atom. The molecule has 0 aliphatic carbocycles. The molecular formula is C19H41O7P. The molecule has 8 heteroatoms. The van der Waals surface area contributed by atoms with E-state index >= 15 is 0 Å². The van der Waals surface area contributed by atoms with Crippen molar-refractivity contribution in [3.63, 3.8) is 0 Å². The molecule has 0 aliphatic rings. The van der Waals surface area contributed by atoms with Gasteiger partial charge in [-0.25, -0.2) is 9.45 Å². The fourth-order valence-corrected chi connectivity index (χ4v) is 3.08. The second-order valence-electron chi connectivity index (χ2n) is 6.54. The Morgan fingerprint density at radius 1 is 0.667 bits per heavy atom. The summed E-state index contributed by atoms with van der Waals surface area (Å²) in [5.74, 6) is 0. The Bertz CT molecular complexity index is 342. The molecule has 0 rings (SSSR count). The van der Waals surface area contributed by atoms with Crippen LogP contribution < -0.4 is 0 Å². The number of phosphoric acid groups is 1. The zero-order chi connectivity index (χ0) is 20.1. The molecule has 7 nitrogen and oxygen atoms in total. The van der Waals surface area contributed by atoms with Crippen LogP contribution in [-0.2, 0) is 28.1 Å². The van der Waals surface area contributed by atoms with Gasteiger partial charge in [-0.2, -0.15) is 0 Å². The summed E-state index contributed by atoms with van der Waals surface area (Å²) in [6.07, 6.45) is 13.6. The molecule has 0 spiro atoms. The van der Waals surface area contributed by atoms with Crippen LogP contribution in [0.5, 0.6) is 0 Å². The van der Waals surface area contributed by atoms with Crippen molar-refractivity contribution in [2.45, 2.75) is 84.5 Å². The molecule has 27 heavy (non-hydrogen) atoms. The third kappa shape index (κ3) is 22.1. The highest BCUT2D eigenvalue weighted by Crippen LogP contribution is 2.43. The van der Waals surface area contributed by atoms with Crippen LogP contribution in [0.15, 0.2) is 0 Å².